The highest BCUT2D eigenvalue weighted by Gasteiger charge is 2.57. The van der Waals surface area contributed by atoms with E-state index >= 15 is 0 Å². The maximum Gasteiger partial charge on any atom is 0.339 e. The van der Waals surface area contributed by atoms with Gasteiger partial charge in [-0.25, -0.2) is 9.69 Å². The molecule has 0 spiro atoms. The van der Waals surface area contributed by atoms with Gasteiger partial charge in [0.2, 0.25) is 11.8 Å². The molecule has 43 heavy (non-hydrogen) atoms. The van der Waals surface area contributed by atoms with E-state index in [4.69, 9.17) is 0 Å². The number of hydrogen-bond acceptors (Lipinski definition) is 7. The first-order chi connectivity index (χ1) is 20.6. The number of hydrogen-bond donors (Lipinski definition) is 3. The van der Waals surface area contributed by atoms with E-state index in [0.717, 1.165) is 22.4 Å². The minimum Gasteiger partial charge on any atom is -0.508 e. The Labute approximate surface area is 245 Å². The van der Waals surface area contributed by atoms with Crippen molar-refractivity contribution in [1.29, 1.82) is 0 Å². The van der Waals surface area contributed by atoms with Crippen molar-refractivity contribution in [1.82, 2.24) is 0 Å². The van der Waals surface area contributed by atoms with E-state index in [2.05, 4.69) is 0 Å². The van der Waals surface area contributed by atoms with Crippen LogP contribution < -0.4 is 4.90 Å². The number of anilines is 1. The average Bonchev–Trinajstić information content (AvgIpc) is 3.24. The smallest absolute Gasteiger partial charge is 0.339 e. The second kappa shape index (κ2) is 9.35. The van der Waals surface area contributed by atoms with Crippen LogP contribution in [-0.2, 0) is 19.2 Å². The molecule has 2 amide bonds. The van der Waals surface area contributed by atoms with Crippen LogP contribution >= 0.6 is 0 Å². The molecule has 0 radical (unpaired) electrons. The quantitative estimate of drug-likeness (QED) is 0.233. The highest BCUT2D eigenvalue weighted by Crippen LogP contribution is 2.57. The molecule has 1 saturated heterocycles. The van der Waals surface area contributed by atoms with Gasteiger partial charge in [-0.2, -0.15) is 0 Å². The van der Waals surface area contributed by atoms with Crippen LogP contribution in [0.2, 0.25) is 0 Å². The third-order valence-electron chi connectivity index (χ3n) is 9.27. The largest absolute Gasteiger partial charge is 0.508 e. The minimum atomic E-state index is -1.35. The van der Waals surface area contributed by atoms with E-state index in [9.17, 15) is 39.3 Å². The summed E-state index contributed by atoms with van der Waals surface area (Å²) in [6, 6.07) is 14.3. The summed E-state index contributed by atoms with van der Waals surface area (Å²) >= 11 is 0. The number of imide groups is 1. The molecule has 3 aliphatic carbocycles. The molecule has 1 fully saturated rings. The zero-order chi connectivity index (χ0) is 30.3. The van der Waals surface area contributed by atoms with Gasteiger partial charge < -0.3 is 15.3 Å². The first-order valence-corrected chi connectivity index (χ1v) is 13.9. The van der Waals surface area contributed by atoms with Gasteiger partial charge in [-0.15, -0.1) is 0 Å². The molecule has 3 aromatic carbocycles. The van der Waals surface area contributed by atoms with Gasteiger partial charge in [0.15, 0.2) is 11.6 Å². The average molecular weight is 576 g/mol. The summed E-state index contributed by atoms with van der Waals surface area (Å²) in [5, 5.41) is 32.4. The lowest BCUT2D eigenvalue weighted by atomic mass is 9.59. The topological polar surface area (TPSA) is 149 Å². The van der Waals surface area contributed by atoms with Gasteiger partial charge in [0.1, 0.15) is 17.1 Å². The number of ketones is 2. The highest BCUT2D eigenvalue weighted by molar-refractivity contribution is 6.25. The molecular weight excluding hydrogens is 550 g/mol. The second-order valence-electron chi connectivity index (χ2n) is 11.5. The fourth-order valence-corrected chi connectivity index (χ4v) is 7.40. The number of fused-ring (bicyclic) bond motifs is 4. The van der Waals surface area contributed by atoms with Gasteiger partial charge >= 0.3 is 5.97 Å². The molecule has 4 aliphatic rings. The molecular formula is C34H25NO8. The summed E-state index contributed by atoms with van der Waals surface area (Å²) in [5.74, 6) is -6.65. The Morgan fingerprint density at radius 1 is 0.907 bits per heavy atom. The number of carbonyl (C=O) groups excluding carboxylic acids is 4. The number of carbonyl (C=O) groups is 5. The monoisotopic (exact) mass is 575 g/mol. The van der Waals surface area contributed by atoms with E-state index in [0.29, 0.717) is 16.5 Å². The molecule has 0 aromatic heterocycles. The lowest BCUT2D eigenvalue weighted by Gasteiger charge is -2.42. The van der Waals surface area contributed by atoms with Crippen molar-refractivity contribution in [3.8, 4) is 11.5 Å². The minimum absolute atomic E-state index is 0.0461. The molecule has 9 nitrogen and oxygen atoms in total. The maximum atomic E-state index is 14.1. The molecule has 3 aromatic rings. The Bertz CT molecular complexity index is 1950. The van der Waals surface area contributed by atoms with Crippen LogP contribution in [0.3, 0.4) is 0 Å². The first kappa shape index (κ1) is 26.6. The van der Waals surface area contributed by atoms with Crippen molar-refractivity contribution in [3.63, 3.8) is 0 Å². The molecule has 1 aliphatic heterocycles. The van der Waals surface area contributed by atoms with Gasteiger partial charge in [-0.1, -0.05) is 42.0 Å². The van der Waals surface area contributed by atoms with E-state index in [-0.39, 0.29) is 58.1 Å². The molecule has 0 saturated carbocycles. The van der Waals surface area contributed by atoms with Gasteiger partial charge in [0.05, 0.1) is 17.5 Å². The first-order valence-electron chi connectivity index (χ1n) is 13.9. The van der Waals surface area contributed by atoms with Crippen molar-refractivity contribution in [2.45, 2.75) is 25.7 Å². The zero-order valence-electron chi connectivity index (χ0n) is 22.9. The summed E-state index contributed by atoms with van der Waals surface area (Å²) in [6.45, 7) is 1.57. The molecule has 4 atom stereocenters. The van der Waals surface area contributed by atoms with Crippen molar-refractivity contribution < 1.29 is 39.3 Å². The Balaban J connectivity index is 1.39. The molecule has 214 valence electrons. The molecule has 4 unspecified atom stereocenters. The van der Waals surface area contributed by atoms with Crippen LogP contribution in [0.1, 0.15) is 41.6 Å². The number of phenols is 2. The van der Waals surface area contributed by atoms with Crippen LogP contribution in [0.4, 0.5) is 5.69 Å². The number of rotatable bonds is 3. The number of carboxylic acids is 1. The summed E-state index contributed by atoms with van der Waals surface area (Å²) in [6.07, 6.45) is 3.46. The van der Waals surface area contributed by atoms with Crippen LogP contribution in [0.25, 0.3) is 10.8 Å². The van der Waals surface area contributed by atoms with Crippen LogP contribution in [0, 0.1) is 17.8 Å². The van der Waals surface area contributed by atoms with E-state index in [1.165, 1.54) is 12.1 Å². The summed E-state index contributed by atoms with van der Waals surface area (Å²) < 4.78 is 0. The van der Waals surface area contributed by atoms with Crippen molar-refractivity contribution in [2.75, 3.05) is 4.90 Å². The summed E-state index contributed by atoms with van der Waals surface area (Å²) in [7, 11) is 0. The third-order valence-corrected chi connectivity index (χ3v) is 9.27. The lowest BCUT2D eigenvalue weighted by Crippen LogP contribution is -2.39. The van der Waals surface area contributed by atoms with Crippen molar-refractivity contribution >= 4 is 45.8 Å². The Kier molecular flexibility index (Phi) is 5.78. The van der Waals surface area contributed by atoms with E-state index < -0.39 is 47.2 Å². The number of nitrogens with zero attached hydrogens (tertiary/aromatic N) is 1. The van der Waals surface area contributed by atoms with Crippen LogP contribution in [0.15, 0.2) is 89.0 Å². The Hall–Kier alpha value is -5.31. The fourth-order valence-electron chi connectivity index (χ4n) is 7.40. The van der Waals surface area contributed by atoms with Gasteiger partial charge in [-0.05, 0) is 60.7 Å². The Morgan fingerprint density at radius 3 is 2.42 bits per heavy atom. The third kappa shape index (κ3) is 3.74. The normalized spacial score (nSPS) is 24.9. The molecule has 7 rings (SSSR count). The maximum absolute atomic E-state index is 14.1. The number of aromatic hydroxyl groups is 2. The molecule has 0 bridgehead atoms. The van der Waals surface area contributed by atoms with Gasteiger partial charge in [0, 0.05) is 34.3 Å². The standard InChI is InChI=1S/C34H25NO8/c1-15-12-26(38)29-23(31(15)39)14-22-19(30(29)28-18-5-3-2-4-16(18)6-11-24(28)36)9-10-21-27(22)33(41)35(32(21)40)17-7-8-20(34(42)43)25(37)13-17/h2-9,11-13,21-22,27,30,36-37H,10,14H2,1H3,(H,42,43). The number of amides is 2. The zero-order valence-corrected chi connectivity index (χ0v) is 22.9. The number of allylic oxidation sites excluding steroid dienone is 6. The number of carboxylic acid groups (broad SMARTS) is 1. The second-order valence-corrected chi connectivity index (χ2v) is 11.5. The van der Waals surface area contributed by atoms with Crippen molar-refractivity contribution in [3.05, 3.63) is 100 Å². The number of Topliss-reactive ketones (excluding diaryl/α,β-unsaturated/α-hetero) is 1. The predicted molar refractivity (Wildman–Crippen MR) is 154 cm³/mol. The summed E-state index contributed by atoms with van der Waals surface area (Å²) in [4.78, 5) is 67.3. The number of benzene rings is 3. The summed E-state index contributed by atoms with van der Waals surface area (Å²) in [5.41, 5.74) is 1.71. The SMILES string of the molecule is CC1=CC(=O)C2=C(CC3C(=CCC4C(=O)N(c5ccc(C(=O)O)c(O)c5)C(=O)C43)C2c2c(O)ccc3ccccc23)C1=O. The number of phenolic OH excluding ortho intramolecular Hbond substituents is 1. The molecule has 3 N–H and O–H groups in total. The van der Waals surface area contributed by atoms with Crippen LogP contribution in [-0.4, -0.2) is 44.7 Å². The van der Waals surface area contributed by atoms with E-state index in [1.54, 1.807) is 19.1 Å². The van der Waals surface area contributed by atoms with Gasteiger partial charge in [-0.3, -0.25) is 19.2 Å². The highest BCUT2D eigenvalue weighted by atomic mass is 16.4. The number of aromatic carboxylic acids is 1. The van der Waals surface area contributed by atoms with Crippen molar-refractivity contribution in [2.24, 2.45) is 17.8 Å². The predicted octanol–water partition coefficient (Wildman–Crippen LogP) is 4.58. The van der Waals surface area contributed by atoms with Gasteiger partial charge in [0.25, 0.3) is 0 Å². The van der Waals surface area contributed by atoms with E-state index in [1.807, 2.05) is 30.3 Å². The lowest BCUT2D eigenvalue weighted by molar-refractivity contribution is -0.123. The molecule has 1 heterocycles. The fraction of sp³-hybridized carbons (Fsp3) is 0.206. The Morgan fingerprint density at radius 2 is 1.67 bits per heavy atom. The van der Waals surface area contributed by atoms with Crippen LogP contribution in [0.5, 0.6) is 11.5 Å². The molecule has 9 heteroatoms.